The van der Waals surface area contributed by atoms with Crippen LogP contribution in [0.2, 0.25) is 0 Å². The van der Waals surface area contributed by atoms with E-state index >= 15 is 0 Å². The van der Waals surface area contributed by atoms with Crippen molar-refractivity contribution in [3.8, 4) is 0 Å². The van der Waals surface area contributed by atoms with E-state index in [4.69, 9.17) is 4.99 Å². The second-order valence-corrected chi connectivity index (χ2v) is 9.01. The molecule has 0 spiro atoms. The molecule has 6 heteroatoms. The molecule has 1 unspecified atom stereocenters. The van der Waals surface area contributed by atoms with Gasteiger partial charge in [-0.25, -0.2) is 0 Å². The average molecular weight is 411 g/mol. The Labute approximate surface area is 177 Å². The van der Waals surface area contributed by atoms with Gasteiger partial charge >= 0.3 is 0 Å². The smallest absolute Gasteiger partial charge is 0.261 e. The van der Waals surface area contributed by atoms with E-state index < -0.39 is 0 Å². The molecule has 2 aliphatic rings. The number of amides is 2. The topological polar surface area (TPSA) is 87.0 Å². The van der Waals surface area contributed by atoms with Crippen molar-refractivity contribution in [1.29, 1.82) is 0 Å². The molecule has 3 rings (SSSR count). The molecule has 1 aromatic carbocycles. The molecule has 0 saturated heterocycles. The summed E-state index contributed by atoms with van der Waals surface area (Å²) in [7, 11) is 0. The molecule has 1 aliphatic heterocycles. The molecule has 1 atom stereocenters. The molecule has 1 aliphatic carbocycles. The Bertz CT molecular complexity index is 907. The van der Waals surface area contributed by atoms with Gasteiger partial charge in [0.15, 0.2) is 5.78 Å². The minimum absolute atomic E-state index is 0.00848. The number of hydrogen-bond donors (Lipinski definition) is 1. The SMILES string of the molecule is CCC(C)N=C1CC(C)(C)CC(=O)C1=C(O)CCCN1C(=O)c2ccccc2C1=O. The molecule has 2 amide bonds. The van der Waals surface area contributed by atoms with Crippen LogP contribution in [-0.4, -0.2) is 45.9 Å². The van der Waals surface area contributed by atoms with Crippen LogP contribution in [-0.2, 0) is 4.79 Å². The minimum atomic E-state index is -0.308. The molecule has 1 heterocycles. The molecule has 1 saturated carbocycles. The fraction of sp³-hybridized carbons (Fsp3) is 0.500. The van der Waals surface area contributed by atoms with Crippen LogP contribution in [0.15, 0.2) is 40.6 Å². The lowest BCUT2D eigenvalue weighted by molar-refractivity contribution is -0.117. The van der Waals surface area contributed by atoms with Gasteiger partial charge in [-0.1, -0.05) is 32.9 Å². The number of fused-ring (bicyclic) bond motifs is 1. The normalized spacial score (nSPS) is 22.5. The Kier molecular flexibility index (Phi) is 6.25. The van der Waals surface area contributed by atoms with Crippen LogP contribution in [0.5, 0.6) is 0 Å². The van der Waals surface area contributed by atoms with Crippen LogP contribution in [0.4, 0.5) is 0 Å². The van der Waals surface area contributed by atoms with Crippen LogP contribution in [0.25, 0.3) is 0 Å². The van der Waals surface area contributed by atoms with Gasteiger partial charge in [-0.15, -0.1) is 0 Å². The highest BCUT2D eigenvalue weighted by Crippen LogP contribution is 2.36. The first kappa shape index (κ1) is 21.9. The lowest BCUT2D eigenvalue weighted by Crippen LogP contribution is -2.33. The molecule has 1 N–H and O–H groups in total. The maximum Gasteiger partial charge on any atom is 0.261 e. The summed E-state index contributed by atoms with van der Waals surface area (Å²) in [6.45, 7) is 8.30. The number of benzene rings is 1. The third kappa shape index (κ3) is 4.37. The van der Waals surface area contributed by atoms with Crippen molar-refractivity contribution in [2.24, 2.45) is 10.4 Å². The van der Waals surface area contributed by atoms with E-state index in [0.717, 1.165) is 6.42 Å². The van der Waals surface area contributed by atoms with Gasteiger partial charge in [0, 0.05) is 31.1 Å². The molecule has 0 bridgehead atoms. The van der Waals surface area contributed by atoms with Crippen molar-refractivity contribution in [1.82, 2.24) is 4.90 Å². The van der Waals surface area contributed by atoms with Crippen molar-refractivity contribution < 1.29 is 19.5 Å². The van der Waals surface area contributed by atoms with Crippen molar-refractivity contribution >= 4 is 23.3 Å². The van der Waals surface area contributed by atoms with Gasteiger partial charge in [0.05, 0.1) is 16.7 Å². The fourth-order valence-corrected chi connectivity index (χ4v) is 4.05. The third-order valence-corrected chi connectivity index (χ3v) is 5.78. The van der Waals surface area contributed by atoms with Crippen molar-refractivity contribution in [2.45, 2.75) is 65.8 Å². The summed E-state index contributed by atoms with van der Waals surface area (Å²) in [4.78, 5) is 43.6. The number of aliphatic hydroxyl groups is 1. The highest BCUT2D eigenvalue weighted by Gasteiger charge is 2.37. The number of Topliss-reactive ketones (excluding diaryl/α,β-unsaturated/α-hetero) is 1. The Morgan fingerprint density at radius 2 is 1.73 bits per heavy atom. The van der Waals surface area contributed by atoms with Crippen LogP contribution in [0, 0.1) is 5.41 Å². The summed E-state index contributed by atoms with van der Waals surface area (Å²) >= 11 is 0. The molecule has 1 aromatic rings. The first-order valence-corrected chi connectivity index (χ1v) is 10.6. The summed E-state index contributed by atoms with van der Waals surface area (Å²) in [5.41, 5.74) is 1.64. The van der Waals surface area contributed by atoms with Gasteiger partial charge in [0.1, 0.15) is 5.76 Å². The maximum atomic E-state index is 12.8. The molecule has 0 aromatic heterocycles. The summed E-state index contributed by atoms with van der Waals surface area (Å²) < 4.78 is 0. The number of nitrogens with zero attached hydrogens (tertiary/aromatic N) is 2. The predicted molar refractivity (Wildman–Crippen MR) is 116 cm³/mol. The van der Waals surface area contributed by atoms with Gasteiger partial charge in [0.25, 0.3) is 11.8 Å². The molecular weight excluding hydrogens is 380 g/mol. The predicted octanol–water partition coefficient (Wildman–Crippen LogP) is 4.50. The summed E-state index contributed by atoms with van der Waals surface area (Å²) in [6.07, 6.45) is 2.46. The van der Waals surface area contributed by atoms with Gasteiger partial charge in [0.2, 0.25) is 0 Å². The molecule has 0 radical (unpaired) electrons. The van der Waals surface area contributed by atoms with E-state index in [1.165, 1.54) is 4.90 Å². The van der Waals surface area contributed by atoms with Crippen molar-refractivity contribution in [3.63, 3.8) is 0 Å². The molecule has 6 nitrogen and oxygen atoms in total. The van der Waals surface area contributed by atoms with E-state index in [0.29, 0.717) is 41.7 Å². The van der Waals surface area contributed by atoms with E-state index in [-0.39, 0.29) is 47.8 Å². The van der Waals surface area contributed by atoms with E-state index in [9.17, 15) is 19.5 Å². The lowest BCUT2D eigenvalue weighted by atomic mass is 9.73. The highest BCUT2D eigenvalue weighted by atomic mass is 16.3. The Morgan fingerprint density at radius 1 is 1.13 bits per heavy atom. The Hall–Kier alpha value is -2.76. The number of ketones is 1. The molecule has 160 valence electrons. The van der Waals surface area contributed by atoms with Gasteiger partial charge < -0.3 is 5.11 Å². The monoisotopic (exact) mass is 410 g/mol. The average Bonchev–Trinajstić information content (AvgIpc) is 2.91. The Balaban J connectivity index is 1.74. The number of aliphatic hydroxyl groups excluding tert-OH is 1. The van der Waals surface area contributed by atoms with Crippen LogP contribution in [0.3, 0.4) is 0 Å². The largest absolute Gasteiger partial charge is 0.511 e. The maximum absolute atomic E-state index is 12.8. The molecule has 1 fully saturated rings. The Morgan fingerprint density at radius 3 is 2.30 bits per heavy atom. The molecule has 30 heavy (non-hydrogen) atoms. The number of carbonyl (C=O) groups is 3. The van der Waals surface area contributed by atoms with Crippen molar-refractivity contribution in [3.05, 3.63) is 46.7 Å². The second kappa shape index (κ2) is 8.54. The highest BCUT2D eigenvalue weighted by molar-refractivity contribution is 6.24. The zero-order valence-corrected chi connectivity index (χ0v) is 18.2. The first-order chi connectivity index (χ1) is 14.1. The summed E-state index contributed by atoms with van der Waals surface area (Å²) in [5.74, 6) is -0.699. The van der Waals surface area contributed by atoms with Crippen LogP contribution in [0.1, 0.15) is 80.5 Å². The van der Waals surface area contributed by atoms with Crippen LogP contribution >= 0.6 is 0 Å². The van der Waals surface area contributed by atoms with E-state index in [2.05, 4.69) is 0 Å². The molecular formula is C24H30N2O4. The summed E-state index contributed by atoms with van der Waals surface area (Å²) in [6, 6.07) is 6.84. The van der Waals surface area contributed by atoms with Crippen LogP contribution < -0.4 is 0 Å². The van der Waals surface area contributed by atoms with Crippen molar-refractivity contribution in [2.75, 3.05) is 6.54 Å². The number of aliphatic imine (C=N–C) groups is 1. The quantitative estimate of drug-likeness (QED) is 0.425. The number of hydrogen-bond acceptors (Lipinski definition) is 5. The van der Waals surface area contributed by atoms with Gasteiger partial charge in [-0.05, 0) is 43.7 Å². The van der Waals surface area contributed by atoms with Gasteiger partial charge in [-0.2, -0.15) is 0 Å². The summed E-state index contributed by atoms with van der Waals surface area (Å²) in [5, 5.41) is 10.7. The van der Waals surface area contributed by atoms with E-state index in [1.54, 1.807) is 24.3 Å². The first-order valence-electron chi connectivity index (χ1n) is 10.6. The second-order valence-electron chi connectivity index (χ2n) is 9.01. The number of rotatable bonds is 6. The fourth-order valence-electron chi connectivity index (χ4n) is 4.05. The number of allylic oxidation sites excluding steroid dienone is 2. The zero-order chi connectivity index (χ0) is 22.1. The zero-order valence-electron chi connectivity index (χ0n) is 18.2. The number of imide groups is 1. The standard InChI is InChI=1S/C24H30N2O4/c1-5-15(2)25-18-13-24(3,4)14-20(28)21(18)19(27)11-8-12-26-22(29)16-9-6-7-10-17(16)23(26)30/h6-7,9-10,15,27H,5,8,11-14H2,1-4H3. The minimum Gasteiger partial charge on any atom is -0.511 e. The van der Waals surface area contributed by atoms with Gasteiger partial charge in [-0.3, -0.25) is 24.3 Å². The number of carbonyl (C=O) groups excluding carboxylic acids is 3. The van der Waals surface area contributed by atoms with E-state index in [1.807, 2.05) is 27.7 Å². The lowest BCUT2D eigenvalue weighted by Gasteiger charge is -2.32. The third-order valence-electron chi connectivity index (χ3n) is 5.78.